The third-order valence-corrected chi connectivity index (χ3v) is 4.82. The van der Waals surface area contributed by atoms with E-state index in [2.05, 4.69) is 19.9 Å². The standard InChI is InChI=1S/C18H25NO2S/c1-13(2)10-11-22-17-7-5-4-6-15(17)18(21)19(3)12-16(20)14-8-9-14/h4-7,10,14,16,20H,8-9,11-12H2,1-3H3. The Morgan fingerprint density at radius 1 is 1.41 bits per heavy atom. The fourth-order valence-electron chi connectivity index (χ4n) is 2.27. The molecule has 1 aliphatic carbocycles. The monoisotopic (exact) mass is 319 g/mol. The second kappa shape index (κ2) is 7.84. The van der Waals surface area contributed by atoms with Gasteiger partial charge in [0.05, 0.1) is 11.7 Å². The maximum absolute atomic E-state index is 12.6. The molecule has 1 unspecified atom stereocenters. The van der Waals surface area contributed by atoms with Crippen molar-refractivity contribution in [3.8, 4) is 0 Å². The van der Waals surface area contributed by atoms with Gasteiger partial charge in [0.15, 0.2) is 0 Å². The fraction of sp³-hybridized carbons (Fsp3) is 0.500. The number of aliphatic hydroxyl groups excluding tert-OH is 1. The average Bonchev–Trinajstić information content (AvgIpc) is 3.31. The molecule has 1 N–H and O–H groups in total. The molecule has 0 radical (unpaired) electrons. The highest BCUT2D eigenvalue weighted by Gasteiger charge is 2.31. The van der Waals surface area contributed by atoms with E-state index in [1.165, 1.54) is 5.57 Å². The zero-order chi connectivity index (χ0) is 16.1. The van der Waals surface area contributed by atoms with Gasteiger partial charge in [-0.05, 0) is 44.7 Å². The molecule has 1 aliphatic rings. The quantitative estimate of drug-likeness (QED) is 0.617. The number of rotatable bonds is 7. The number of nitrogens with zero attached hydrogens (tertiary/aromatic N) is 1. The smallest absolute Gasteiger partial charge is 0.254 e. The predicted molar refractivity (Wildman–Crippen MR) is 92.3 cm³/mol. The van der Waals surface area contributed by atoms with E-state index in [9.17, 15) is 9.90 Å². The maximum Gasteiger partial charge on any atom is 0.254 e. The molecule has 0 heterocycles. The molecule has 22 heavy (non-hydrogen) atoms. The Kier molecular flexibility index (Phi) is 6.09. The van der Waals surface area contributed by atoms with E-state index < -0.39 is 0 Å². The summed E-state index contributed by atoms with van der Waals surface area (Å²) in [6, 6.07) is 7.71. The molecule has 120 valence electrons. The number of likely N-dealkylation sites (N-methyl/N-ethyl adjacent to an activating group) is 1. The molecule has 1 aromatic carbocycles. The highest BCUT2D eigenvalue weighted by atomic mass is 32.2. The first-order valence-corrected chi connectivity index (χ1v) is 8.76. The van der Waals surface area contributed by atoms with Crippen LogP contribution < -0.4 is 0 Å². The molecule has 3 nitrogen and oxygen atoms in total. The summed E-state index contributed by atoms with van der Waals surface area (Å²) in [4.78, 5) is 15.3. The van der Waals surface area contributed by atoms with Gasteiger partial charge in [-0.2, -0.15) is 0 Å². The summed E-state index contributed by atoms with van der Waals surface area (Å²) in [6.07, 6.45) is 3.93. The molecule has 1 fully saturated rings. The highest BCUT2D eigenvalue weighted by molar-refractivity contribution is 7.99. The van der Waals surface area contributed by atoms with Crippen LogP contribution >= 0.6 is 11.8 Å². The van der Waals surface area contributed by atoms with Crippen molar-refractivity contribution >= 4 is 17.7 Å². The lowest BCUT2D eigenvalue weighted by Gasteiger charge is -2.21. The van der Waals surface area contributed by atoms with E-state index >= 15 is 0 Å². The highest BCUT2D eigenvalue weighted by Crippen LogP contribution is 2.33. The molecule has 1 atom stereocenters. The van der Waals surface area contributed by atoms with Gasteiger partial charge in [-0.15, -0.1) is 11.8 Å². The first-order valence-electron chi connectivity index (χ1n) is 7.77. The van der Waals surface area contributed by atoms with Crippen molar-refractivity contribution in [2.45, 2.75) is 37.7 Å². The van der Waals surface area contributed by atoms with Gasteiger partial charge < -0.3 is 10.0 Å². The van der Waals surface area contributed by atoms with E-state index in [1.807, 2.05) is 24.3 Å². The van der Waals surface area contributed by atoms with Gasteiger partial charge in [-0.3, -0.25) is 4.79 Å². The summed E-state index contributed by atoms with van der Waals surface area (Å²) in [5.74, 6) is 1.23. The molecule has 1 aromatic rings. The van der Waals surface area contributed by atoms with Crippen molar-refractivity contribution in [1.82, 2.24) is 4.90 Å². The Bertz CT molecular complexity index is 548. The van der Waals surface area contributed by atoms with E-state index in [-0.39, 0.29) is 12.0 Å². The van der Waals surface area contributed by atoms with Crippen molar-refractivity contribution in [3.63, 3.8) is 0 Å². The molecule has 0 aromatic heterocycles. The lowest BCUT2D eigenvalue weighted by Crippen LogP contribution is -2.35. The van der Waals surface area contributed by atoms with Crippen LogP contribution in [0.25, 0.3) is 0 Å². The normalized spacial score (nSPS) is 15.3. The van der Waals surface area contributed by atoms with Crippen molar-refractivity contribution in [3.05, 3.63) is 41.5 Å². The SMILES string of the molecule is CC(C)=CCSc1ccccc1C(=O)N(C)CC(O)C1CC1. The average molecular weight is 319 g/mol. The summed E-state index contributed by atoms with van der Waals surface area (Å²) < 4.78 is 0. The molecule has 0 aliphatic heterocycles. The first-order chi connectivity index (χ1) is 10.5. The Balaban J connectivity index is 2.02. The Hall–Kier alpha value is -1.26. The Morgan fingerprint density at radius 2 is 2.09 bits per heavy atom. The van der Waals surface area contributed by atoms with Crippen LogP contribution in [0.15, 0.2) is 40.8 Å². The van der Waals surface area contributed by atoms with Crippen LogP contribution in [0, 0.1) is 5.92 Å². The number of benzene rings is 1. The van der Waals surface area contributed by atoms with Crippen molar-refractivity contribution in [2.75, 3.05) is 19.3 Å². The van der Waals surface area contributed by atoms with Gasteiger partial charge in [0.1, 0.15) is 0 Å². The van der Waals surface area contributed by atoms with Crippen LogP contribution in [0.3, 0.4) is 0 Å². The van der Waals surface area contributed by atoms with Gasteiger partial charge in [0.2, 0.25) is 0 Å². The topological polar surface area (TPSA) is 40.5 Å². The van der Waals surface area contributed by atoms with E-state index in [1.54, 1.807) is 23.7 Å². The minimum Gasteiger partial charge on any atom is -0.391 e. The number of amides is 1. The number of hydrogen-bond donors (Lipinski definition) is 1. The van der Waals surface area contributed by atoms with Gasteiger partial charge in [-0.1, -0.05) is 23.8 Å². The summed E-state index contributed by atoms with van der Waals surface area (Å²) in [6.45, 7) is 4.56. The third kappa shape index (κ3) is 4.89. The van der Waals surface area contributed by atoms with Crippen molar-refractivity contribution < 1.29 is 9.90 Å². The van der Waals surface area contributed by atoms with E-state index in [0.717, 1.165) is 29.1 Å². The second-order valence-electron chi connectivity index (χ2n) is 6.18. The predicted octanol–water partition coefficient (Wildman–Crippen LogP) is 3.59. The molecular formula is C18H25NO2S. The largest absolute Gasteiger partial charge is 0.391 e. The van der Waals surface area contributed by atoms with Gasteiger partial charge in [-0.25, -0.2) is 0 Å². The number of hydrogen-bond acceptors (Lipinski definition) is 3. The summed E-state index contributed by atoms with van der Waals surface area (Å²) in [5.41, 5.74) is 2.00. The molecule has 0 saturated heterocycles. The molecule has 4 heteroatoms. The van der Waals surface area contributed by atoms with Crippen LogP contribution in [-0.4, -0.2) is 41.4 Å². The number of aliphatic hydroxyl groups is 1. The molecule has 0 spiro atoms. The van der Waals surface area contributed by atoms with Gasteiger partial charge in [0, 0.05) is 24.2 Å². The Labute approximate surface area is 137 Å². The molecule has 1 saturated carbocycles. The van der Waals surface area contributed by atoms with Crippen LogP contribution in [0.1, 0.15) is 37.0 Å². The minimum atomic E-state index is -0.389. The zero-order valence-electron chi connectivity index (χ0n) is 13.6. The second-order valence-corrected chi connectivity index (χ2v) is 7.24. The number of allylic oxidation sites excluding steroid dienone is 1. The molecule has 1 amide bonds. The Morgan fingerprint density at radius 3 is 2.73 bits per heavy atom. The summed E-state index contributed by atoms with van der Waals surface area (Å²) in [5, 5.41) is 10.0. The summed E-state index contributed by atoms with van der Waals surface area (Å²) in [7, 11) is 1.77. The van der Waals surface area contributed by atoms with Crippen LogP contribution in [0.2, 0.25) is 0 Å². The van der Waals surface area contributed by atoms with E-state index in [4.69, 9.17) is 0 Å². The van der Waals surface area contributed by atoms with Crippen LogP contribution in [0.5, 0.6) is 0 Å². The fourth-order valence-corrected chi connectivity index (χ4v) is 3.35. The lowest BCUT2D eigenvalue weighted by molar-refractivity contribution is 0.0642. The minimum absolute atomic E-state index is 0.0139. The third-order valence-electron chi connectivity index (χ3n) is 3.82. The van der Waals surface area contributed by atoms with Gasteiger partial charge >= 0.3 is 0 Å². The van der Waals surface area contributed by atoms with E-state index in [0.29, 0.717) is 12.5 Å². The zero-order valence-corrected chi connectivity index (χ0v) is 14.4. The molecule has 0 bridgehead atoms. The number of carbonyl (C=O) groups is 1. The van der Waals surface area contributed by atoms with Crippen LogP contribution in [-0.2, 0) is 0 Å². The molecular weight excluding hydrogens is 294 g/mol. The van der Waals surface area contributed by atoms with Crippen molar-refractivity contribution in [1.29, 1.82) is 0 Å². The van der Waals surface area contributed by atoms with Crippen molar-refractivity contribution in [2.24, 2.45) is 5.92 Å². The number of carbonyl (C=O) groups excluding carboxylic acids is 1. The lowest BCUT2D eigenvalue weighted by atomic mass is 10.1. The maximum atomic E-state index is 12.6. The first kappa shape index (κ1) is 17.1. The van der Waals surface area contributed by atoms with Crippen LogP contribution in [0.4, 0.5) is 0 Å². The van der Waals surface area contributed by atoms with Gasteiger partial charge in [0.25, 0.3) is 5.91 Å². The summed E-state index contributed by atoms with van der Waals surface area (Å²) >= 11 is 1.67. The molecule has 2 rings (SSSR count). The number of thioether (sulfide) groups is 1.